The van der Waals surface area contributed by atoms with Gasteiger partial charge in [0.05, 0.1) is 27.0 Å². The summed E-state index contributed by atoms with van der Waals surface area (Å²) in [4.78, 5) is 24.6. The van der Waals surface area contributed by atoms with Crippen LogP contribution in [0.5, 0.6) is 17.2 Å². The second-order valence-electron chi connectivity index (χ2n) is 8.23. The van der Waals surface area contributed by atoms with Crippen LogP contribution in [0.25, 0.3) is 0 Å². The number of piperidine rings is 1. The molecule has 168 valence electrons. The number of rotatable bonds is 7. The van der Waals surface area contributed by atoms with Crippen molar-refractivity contribution in [3.05, 3.63) is 39.8 Å². The number of anilines is 1. The highest BCUT2D eigenvalue weighted by atomic mass is 16.5. The molecule has 8 nitrogen and oxygen atoms in total. The van der Waals surface area contributed by atoms with E-state index in [9.17, 15) is 4.79 Å². The van der Waals surface area contributed by atoms with Gasteiger partial charge in [0.25, 0.3) is 5.56 Å². The van der Waals surface area contributed by atoms with E-state index in [2.05, 4.69) is 14.8 Å². The van der Waals surface area contributed by atoms with Crippen LogP contribution in [0.1, 0.15) is 42.9 Å². The SMILES string of the molecule is COc1ccc(CN2CCC(c3cc(=O)[nH]c(N4CCCC4)n3)CC2)c(OC)c1OC. The fourth-order valence-electron chi connectivity index (χ4n) is 4.67. The van der Waals surface area contributed by atoms with Gasteiger partial charge in [0, 0.05) is 37.2 Å². The summed E-state index contributed by atoms with van der Waals surface area (Å²) in [6.07, 6.45) is 4.27. The molecule has 2 fully saturated rings. The molecule has 1 N–H and O–H groups in total. The molecule has 0 saturated carbocycles. The molecule has 8 heteroatoms. The van der Waals surface area contributed by atoms with Crippen molar-refractivity contribution in [2.75, 3.05) is 52.4 Å². The molecule has 4 rings (SSSR count). The number of nitrogens with one attached hydrogen (secondary N) is 1. The molecule has 0 radical (unpaired) electrons. The Morgan fingerprint density at radius 2 is 1.71 bits per heavy atom. The van der Waals surface area contributed by atoms with Crippen molar-refractivity contribution in [1.82, 2.24) is 14.9 Å². The maximum absolute atomic E-state index is 12.2. The van der Waals surface area contributed by atoms with Crippen LogP contribution in [0.2, 0.25) is 0 Å². The van der Waals surface area contributed by atoms with Gasteiger partial charge < -0.3 is 19.1 Å². The maximum atomic E-state index is 12.2. The van der Waals surface area contributed by atoms with Crippen LogP contribution >= 0.6 is 0 Å². The van der Waals surface area contributed by atoms with E-state index in [0.717, 1.165) is 81.4 Å². The van der Waals surface area contributed by atoms with Gasteiger partial charge in [-0.1, -0.05) is 6.07 Å². The monoisotopic (exact) mass is 428 g/mol. The van der Waals surface area contributed by atoms with Gasteiger partial charge in [0.15, 0.2) is 11.5 Å². The van der Waals surface area contributed by atoms with Gasteiger partial charge in [-0.15, -0.1) is 0 Å². The first kappa shape index (κ1) is 21.5. The topological polar surface area (TPSA) is 79.9 Å². The Bertz CT molecular complexity index is 947. The standard InChI is InChI=1S/C23H32N4O4/c1-29-19-7-6-17(21(30-2)22(19)31-3)15-26-12-8-16(9-13-26)18-14-20(28)25-23(24-18)27-10-4-5-11-27/h6-7,14,16H,4-5,8-13,15H2,1-3H3,(H,24,25,28). The minimum absolute atomic E-state index is 0.0515. The van der Waals surface area contributed by atoms with Gasteiger partial charge in [0.1, 0.15) is 0 Å². The summed E-state index contributed by atoms with van der Waals surface area (Å²) in [6.45, 7) is 4.60. The van der Waals surface area contributed by atoms with Crippen LogP contribution in [0.15, 0.2) is 23.0 Å². The molecule has 3 heterocycles. The lowest BCUT2D eigenvalue weighted by Gasteiger charge is -2.32. The van der Waals surface area contributed by atoms with E-state index in [1.54, 1.807) is 27.4 Å². The summed E-state index contributed by atoms with van der Waals surface area (Å²) >= 11 is 0. The zero-order chi connectivity index (χ0) is 21.8. The summed E-state index contributed by atoms with van der Waals surface area (Å²) in [5, 5.41) is 0. The Morgan fingerprint density at radius 1 is 1.00 bits per heavy atom. The van der Waals surface area contributed by atoms with Gasteiger partial charge in [0.2, 0.25) is 11.7 Å². The highest BCUT2D eigenvalue weighted by Crippen LogP contribution is 2.40. The van der Waals surface area contributed by atoms with Crippen molar-refractivity contribution in [2.45, 2.75) is 38.1 Å². The quantitative estimate of drug-likeness (QED) is 0.726. The summed E-state index contributed by atoms with van der Waals surface area (Å²) in [5.41, 5.74) is 1.95. The van der Waals surface area contributed by atoms with Crippen molar-refractivity contribution in [2.24, 2.45) is 0 Å². The van der Waals surface area contributed by atoms with Crippen LogP contribution in [0, 0.1) is 0 Å². The third-order valence-corrected chi connectivity index (χ3v) is 6.34. The minimum atomic E-state index is -0.0515. The maximum Gasteiger partial charge on any atom is 0.252 e. The third-order valence-electron chi connectivity index (χ3n) is 6.34. The first-order chi connectivity index (χ1) is 15.1. The Balaban J connectivity index is 1.43. The molecule has 1 aromatic heterocycles. The van der Waals surface area contributed by atoms with Crippen LogP contribution in [0.4, 0.5) is 5.95 Å². The molecule has 0 unspecified atom stereocenters. The molecule has 31 heavy (non-hydrogen) atoms. The number of ether oxygens (including phenoxy) is 3. The minimum Gasteiger partial charge on any atom is -0.493 e. The second-order valence-corrected chi connectivity index (χ2v) is 8.23. The van der Waals surface area contributed by atoms with Crippen LogP contribution < -0.4 is 24.7 Å². The molecule has 0 spiro atoms. The molecule has 0 atom stereocenters. The van der Waals surface area contributed by atoms with E-state index in [4.69, 9.17) is 19.2 Å². The first-order valence-corrected chi connectivity index (χ1v) is 11.0. The number of H-pyrrole nitrogens is 1. The lowest BCUT2D eigenvalue weighted by molar-refractivity contribution is 0.200. The number of hydrogen-bond acceptors (Lipinski definition) is 7. The number of benzene rings is 1. The van der Waals surface area contributed by atoms with E-state index >= 15 is 0 Å². The van der Waals surface area contributed by atoms with E-state index in [1.807, 2.05) is 12.1 Å². The highest BCUT2D eigenvalue weighted by molar-refractivity contribution is 5.55. The number of likely N-dealkylation sites (tertiary alicyclic amines) is 1. The van der Waals surface area contributed by atoms with Crippen molar-refractivity contribution in [1.29, 1.82) is 0 Å². The van der Waals surface area contributed by atoms with Crippen LogP contribution in [-0.4, -0.2) is 62.4 Å². The molecule has 2 aliphatic heterocycles. The van der Waals surface area contributed by atoms with Crippen LogP contribution in [-0.2, 0) is 6.54 Å². The van der Waals surface area contributed by atoms with Crippen molar-refractivity contribution in [3.63, 3.8) is 0 Å². The van der Waals surface area contributed by atoms with E-state index in [1.165, 1.54) is 0 Å². The molecular formula is C23H32N4O4. The second kappa shape index (κ2) is 9.60. The lowest BCUT2D eigenvalue weighted by Crippen LogP contribution is -2.33. The van der Waals surface area contributed by atoms with E-state index in [0.29, 0.717) is 17.4 Å². The molecular weight excluding hydrogens is 396 g/mol. The van der Waals surface area contributed by atoms with E-state index < -0.39 is 0 Å². The number of aromatic amines is 1. The van der Waals surface area contributed by atoms with Gasteiger partial charge in [-0.25, -0.2) is 4.98 Å². The molecule has 2 aliphatic rings. The summed E-state index contributed by atoms with van der Waals surface area (Å²) in [5.74, 6) is 3.05. The zero-order valence-corrected chi connectivity index (χ0v) is 18.6. The highest BCUT2D eigenvalue weighted by Gasteiger charge is 2.25. The molecule has 0 bridgehead atoms. The third kappa shape index (κ3) is 4.63. The molecule has 0 amide bonds. The Labute approximate surface area is 183 Å². The lowest BCUT2D eigenvalue weighted by atomic mass is 9.93. The normalized spacial score (nSPS) is 17.7. The smallest absolute Gasteiger partial charge is 0.252 e. The fraction of sp³-hybridized carbons (Fsp3) is 0.565. The van der Waals surface area contributed by atoms with E-state index in [-0.39, 0.29) is 5.56 Å². The van der Waals surface area contributed by atoms with Gasteiger partial charge in [-0.3, -0.25) is 14.7 Å². The molecule has 0 aliphatic carbocycles. The predicted octanol–water partition coefficient (Wildman–Crippen LogP) is 2.78. The number of methoxy groups -OCH3 is 3. The fourth-order valence-corrected chi connectivity index (χ4v) is 4.67. The zero-order valence-electron chi connectivity index (χ0n) is 18.6. The first-order valence-electron chi connectivity index (χ1n) is 11.0. The number of nitrogens with zero attached hydrogens (tertiary/aromatic N) is 3. The molecule has 2 saturated heterocycles. The van der Waals surface area contributed by atoms with Crippen molar-refractivity contribution in [3.8, 4) is 17.2 Å². The van der Waals surface area contributed by atoms with Crippen molar-refractivity contribution < 1.29 is 14.2 Å². The number of hydrogen-bond donors (Lipinski definition) is 1. The molecule has 2 aromatic rings. The average molecular weight is 429 g/mol. The summed E-state index contributed by atoms with van der Waals surface area (Å²) < 4.78 is 16.5. The van der Waals surface area contributed by atoms with Crippen molar-refractivity contribution >= 4 is 5.95 Å². The van der Waals surface area contributed by atoms with Gasteiger partial charge >= 0.3 is 0 Å². The summed E-state index contributed by atoms with van der Waals surface area (Å²) in [7, 11) is 4.91. The number of aromatic nitrogens is 2. The van der Waals surface area contributed by atoms with Crippen LogP contribution in [0.3, 0.4) is 0 Å². The average Bonchev–Trinajstić information content (AvgIpc) is 3.34. The largest absolute Gasteiger partial charge is 0.493 e. The Morgan fingerprint density at radius 3 is 2.35 bits per heavy atom. The Hall–Kier alpha value is -2.74. The van der Waals surface area contributed by atoms with Gasteiger partial charge in [-0.05, 0) is 44.8 Å². The predicted molar refractivity (Wildman–Crippen MR) is 120 cm³/mol. The Kier molecular flexibility index (Phi) is 6.65. The summed E-state index contributed by atoms with van der Waals surface area (Å²) in [6, 6.07) is 5.63. The van der Waals surface area contributed by atoms with Gasteiger partial charge in [-0.2, -0.15) is 0 Å². The molecule has 1 aromatic carbocycles.